The molecule has 1 amide bonds. The van der Waals surface area contributed by atoms with Crippen LogP contribution in [0.25, 0.3) is 0 Å². The average Bonchev–Trinajstić information content (AvgIpc) is 3.05. The van der Waals surface area contributed by atoms with Crippen LogP contribution in [0.2, 0.25) is 0 Å². The number of carbonyl (C=O) groups is 2. The lowest BCUT2D eigenvalue weighted by molar-refractivity contribution is -0.139. The molecule has 0 aromatic carbocycles. The number of H-pyrrole nitrogens is 1. The van der Waals surface area contributed by atoms with Gasteiger partial charge in [0.15, 0.2) is 6.04 Å². The Balaban J connectivity index is 2.16. The number of nitrogens with zero attached hydrogens (tertiary/aromatic N) is 2. The van der Waals surface area contributed by atoms with Gasteiger partial charge in [-0.3, -0.25) is 9.89 Å². The first-order valence-corrected chi connectivity index (χ1v) is 7.17. The van der Waals surface area contributed by atoms with Crippen molar-refractivity contribution in [3.63, 3.8) is 0 Å². The van der Waals surface area contributed by atoms with E-state index in [0.717, 1.165) is 0 Å². The zero-order valence-electron chi connectivity index (χ0n) is 11.9. The van der Waals surface area contributed by atoms with Crippen LogP contribution >= 0.6 is 11.3 Å². The van der Waals surface area contributed by atoms with Gasteiger partial charge in [0.05, 0.1) is 0 Å². The Hall–Kier alpha value is -2.22. The molecule has 8 heteroatoms. The molecule has 0 radical (unpaired) electrons. The molecule has 21 heavy (non-hydrogen) atoms. The molecule has 112 valence electrons. The van der Waals surface area contributed by atoms with Gasteiger partial charge in [0.1, 0.15) is 5.82 Å². The van der Waals surface area contributed by atoms with Crippen LogP contribution in [0.1, 0.15) is 48.1 Å². The fourth-order valence-electron chi connectivity index (χ4n) is 1.60. The second-order valence-electron chi connectivity index (χ2n) is 5.52. The van der Waals surface area contributed by atoms with E-state index in [1.54, 1.807) is 17.5 Å². The van der Waals surface area contributed by atoms with Gasteiger partial charge < -0.3 is 10.4 Å². The Morgan fingerprint density at radius 2 is 2.14 bits per heavy atom. The summed E-state index contributed by atoms with van der Waals surface area (Å²) in [5, 5.41) is 19.9. The zero-order valence-corrected chi connectivity index (χ0v) is 12.7. The van der Waals surface area contributed by atoms with E-state index < -0.39 is 17.9 Å². The molecular formula is C13H16N4O3S. The van der Waals surface area contributed by atoms with Gasteiger partial charge >= 0.3 is 5.97 Å². The first kappa shape index (κ1) is 15.2. The smallest absolute Gasteiger partial charge is 0.331 e. The van der Waals surface area contributed by atoms with Gasteiger partial charge in [0, 0.05) is 10.3 Å². The maximum Gasteiger partial charge on any atom is 0.331 e. The highest BCUT2D eigenvalue weighted by molar-refractivity contribution is 7.10. The van der Waals surface area contributed by atoms with Gasteiger partial charge in [-0.1, -0.05) is 26.8 Å². The highest BCUT2D eigenvalue weighted by Gasteiger charge is 2.26. The maximum atomic E-state index is 12.1. The van der Waals surface area contributed by atoms with E-state index >= 15 is 0 Å². The van der Waals surface area contributed by atoms with Gasteiger partial charge in [-0.15, -0.1) is 16.4 Å². The number of carboxylic acid groups (broad SMARTS) is 1. The second-order valence-corrected chi connectivity index (χ2v) is 6.50. The number of carboxylic acids is 1. The molecule has 3 N–H and O–H groups in total. The number of carbonyl (C=O) groups excluding carboxylic acids is 1. The molecule has 1 unspecified atom stereocenters. The summed E-state index contributed by atoms with van der Waals surface area (Å²) in [6.07, 6.45) is 0. The summed E-state index contributed by atoms with van der Waals surface area (Å²) in [6.45, 7) is 5.79. The third-order valence-electron chi connectivity index (χ3n) is 2.75. The van der Waals surface area contributed by atoms with Crippen molar-refractivity contribution in [3.05, 3.63) is 34.0 Å². The standard InChI is InChI=1S/C13H16N4O3S/c1-13(2,3)12-15-9(16-17-12)10(18)14-8(11(19)20)7-5-4-6-21-7/h4-6,8H,1-3H3,(H,14,18)(H,19,20)(H,15,16,17). The summed E-state index contributed by atoms with van der Waals surface area (Å²) in [5.74, 6) is -1.25. The van der Waals surface area contributed by atoms with E-state index in [1.165, 1.54) is 11.3 Å². The molecule has 0 spiro atoms. The van der Waals surface area contributed by atoms with E-state index in [1.807, 2.05) is 20.8 Å². The van der Waals surface area contributed by atoms with Gasteiger partial charge in [0.25, 0.3) is 5.91 Å². The molecule has 7 nitrogen and oxygen atoms in total. The van der Waals surface area contributed by atoms with Crippen molar-refractivity contribution in [2.75, 3.05) is 0 Å². The molecule has 0 fully saturated rings. The SMILES string of the molecule is CC(C)(C)c1nc(C(=O)NC(C(=O)O)c2cccs2)n[nH]1. The Morgan fingerprint density at radius 3 is 2.62 bits per heavy atom. The summed E-state index contributed by atoms with van der Waals surface area (Å²) < 4.78 is 0. The van der Waals surface area contributed by atoms with Gasteiger partial charge in [-0.25, -0.2) is 9.78 Å². The molecule has 2 aromatic heterocycles. The van der Waals surface area contributed by atoms with Crippen molar-refractivity contribution >= 4 is 23.2 Å². The molecule has 0 aliphatic heterocycles. The van der Waals surface area contributed by atoms with Gasteiger partial charge in [-0.2, -0.15) is 0 Å². The lowest BCUT2D eigenvalue weighted by Gasteiger charge is -2.13. The molecule has 2 aromatic rings. The Kier molecular flexibility index (Phi) is 4.08. The number of amides is 1. The molecule has 0 aliphatic rings. The summed E-state index contributed by atoms with van der Waals surface area (Å²) in [4.78, 5) is 28.0. The van der Waals surface area contributed by atoms with Crippen LogP contribution in [-0.2, 0) is 10.2 Å². The molecular weight excluding hydrogens is 292 g/mol. The molecule has 0 saturated heterocycles. The van der Waals surface area contributed by atoms with Crippen molar-refractivity contribution in [3.8, 4) is 0 Å². The Morgan fingerprint density at radius 1 is 1.43 bits per heavy atom. The van der Waals surface area contributed by atoms with Crippen LogP contribution in [0.5, 0.6) is 0 Å². The third kappa shape index (κ3) is 3.46. The van der Waals surface area contributed by atoms with Crippen molar-refractivity contribution in [2.24, 2.45) is 0 Å². The summed E-state index contributed by atoms with van der Waals surface area (Å²) in [7, 11) is 0. The normalized spacial score (nSPS) is 12.9. The minimum absolute atomic E-state index is 0.0669. The lowest BCUT2D eigenvalue weighted by atomic mass is 9.96. The third-order valence-corrected chi connectivity index (χ3v) is 3.69. The summed E-state index contributed by atoms with van der Waals surface area (Å²) in [6, 6.07) is 2.28. The first-order valence-electron chi connectivity index (χ1n) is 6.29. The van der Waals surface area contributed by atoms with Gasteiger partial charge in [0.2, 0.25) is 5.82 Å². The summed E-state index contributed by atoms with van der Waals surface area (Å²) in [5.41, 5.74) is -0.272. The first-order chi connectivity index (χ1) is 9.79. The lowest BCUT2D eigenvalue weighted by Crippen LogP contribution is -2.33. The van der Waals surface area contributed by atoms with E-state index in [2.05, 4.69) is 20.5 Å². The number of hydrogen-bond donors (Lipinski definition) is 3. The quantitative estimate of drug-likeness (QED) is 0.797. The number of thiophene rings is 1. The number of nitrogens with one attached hydrogen (secondary N) is 2. The van der Waals surface area contributed by atoms with Crippen LogP contribution < -0.4 is 5.32 Å². The fourth-order valence-corrected chi connectivity index (χ4v) is 2.37. The number of hydrogen-bond acceptors (Lipinski definition) is 5. The number of aromatic amines is 1. The monoisotopic (exact) mass is 308 g/mol. The maximum absolute atomic E-state index is 12.1. The van der Waals surface area contributed by atoms with E-state index in [9.17, 15) is 14.7 Å². The van der Waals surface area contributed by atoms with E-state index in [0.29, 0.717) is 10.7 Å². The fraction of sp³-hybridized carbons (Fsp3) is 0.385. The topological polar surface area (TPSA) is 108 Å². The number of aromatic nitrogens is 3. The Bertz CT molecular complexity index is 643. The van der Waals surface area contributed by atoms with Gasteiger partial charge in [-0.05, 0) is 11.4 Å². The van der Waals surface area contributed by atoms with Crippen molar-refractivity contribution in [1.82, 2.24) is 20.5 Å². The van der Waals surface area contributed by atoms with Crippen LogP contribution in [0.4, 0.5) is 0 Å². The van der Waals surface area contributed by atoms with Crippen LogP contribution in [0, 0.1) is 0 Å². The van der Waals surface area contributed by atoms with Crippen molar-refractivity contribution < 1.29 is 14.7 Å². The average molecular weight is 308 g/mol. The predicted molar refractivity (Wildman–Crippen MR) is 77.2 cm³/mol. The summed E-state index contributed by atoms with van der Waals surface area (Å²) >= 11 is 1.26. The number of rotatable bonds is 4. The second kappa shape index (κ2) is 5.65. The Labute approximate surface area is 125 Å². The van der Waals surface area contributed by atoms with E-state index in [4.69, 9.17) is 0 Å². The number of aliphatic carboxylic acids is 1. The molecule has 2 rings (SSSR count). The van der Waals surface area contributed by atoms with Crippen molar-refractivity contribution in [2.45, 2.75) is 32.2 Å². The highest BCUT2D eigenvalue weighted by atomic mass is 32.1. The van der Waals surface area contributed by atoms with Crippen LogP contribution in [0.15, 0.2) is 17.5 Å². The zero-order chi connectivity index (χ0) is 15.6. The largest absolute Gasteiger partial charge is 0.479 e. The molecule has 2 heterocycles. The van der Waals surface area contributed by atoms with Crippen molar-refractivity contribution in [1.29, 1.82) is 0 Å². The molecule has 1 atom stereocenters. The molecule has 0 aliphatic carbocycles. The molecule has 0 saturated carbocycles. The minimum Gasteiger partial charge on any atom is -0.479 e. The molecule has 0 bridgehead atoms. The van der Waals surface area contributed by atoms with Crippen LogP contribution in [-0.4, -0.2) is 32.2 Å². The predicted octanol–water partition coefficient (Wildman–Crippen LogP) is 1.72. The van der Waals surface area contributed by atoms with E-state index in [-0.39, 0.29) is 11.2 Å². The highest BCUT2D eigenvalue weighted by Crippen LogP contribution is 2.20. The van der Waals surface area contributed by atoms with Crippen LogP contribution in [0.3, 0.4) is 0 Å². The minimum atomic E-state index is -1.13.